The van der Waals surface area contributed by atoms with Crippen LogP contribution in [-0.2, 0) is 28.5 Å². The van der Waals surface area contributed by atoms with Gasteiger partial charge in [0.15, 0.2) is 12.4 Å². The second-order valence-electron chi connectivity index (χ2n) is 19.7. The van der Waals surface area contributed by atoms with Crippen LogP contribution in [0.25, 0.3) is 0 Å². The summed E-state index contributed by atoms with van der Waals surface area (Å²) in [7, 11) is 0. The highest BCUT2D eigenvalue weighted by Gasteiger charge is 2.44. The Morgan fingerprint density at radius 3 is 1.20 bits per heavy atom. The first-order chi connectivity index (χ1) is 33.8. The van der Waals surface area contributed by atoms with Crippen molar-refractivity contribution in [1.29, 1.82) is 0 Å². The molecule has 0 radical (unpaired) electrons. The molecule has 1 saturated heterocycles. The summed E-state index contributed by atoms with van der Waals surface area (Å²) in [4.78, 5) is 25.5. The van der Waals surface area contributed by atoms with E-state index in [4.69, 9.17) is 18.9 Å². The van der Waals surface area contributed by atoms with Crippen molar-refractivity contribution in [3.05, 3.63) is 48.6 Å². The number of hydrogen-bond acceptors (Lipinski definition) is 10. The number of ether oxygens (including phenoxy) is 4. The van der Waals surface area contributed by atoms with Gasteiger partial charge < -0.3 is 39.4 Å². The smallest absolute Gasteiger partial charge is 0.306 e. The summed E-state index contributed by atoms with van der Waals surface area (Å²) in [5, 5.41) is 40.3. The Morgan fingerprint density at radius 2 is 0.812 bits per heavy atom. The Bertz CT molecular complexity index is 1260. The predicted octanol–water partition coefficient (Wildman–Crippen LogP) is 14.3. The van der Waals surface area contributed by atoms with E-state index in [9.17, 15) is 30.0 Å². The Balaban J connectivity index is 2.21. The molecule has 4 N–H and O–H groups in total. The van der Waals surface area contributed by atoms with Gasteiger partial charge in [0.25, 0.3) is 0 Å². The van der Waals surface area contributed by atoms with E-state index >= 15 is 0 Å². The van der Waals surface area contributed by atoms with Gasteiger partial charge in [-0.2, -0.15) is 0 Å². The van der Waals surface area contributed by atoms with Gasteiger partial charge in [-0.1, -0.05) is 217 Å². The average Bonchev–Trinajstić information content (AvgIpc) is 3.35. The van der Waals surface area contributed by atoms with E-state index < -0.39 is 49.4 Å². The van der Waals surface area contributed by atoms with Crippen molar-refractivity contribution in [3.63, 3.8) is 0 Å². The molecular formula is C59H106O10. The zero-order chi connectivity index (χ0) is 50.1. The van der Waals surface area contributed by atoms with Crippen molar-refractivity contribution >= 4 is 11.9 Å². The molecule has 0 aromatic rings. The fraction of sp³-hybridized carbons (Fsp3) is 0.831. The van der Waals surface area contributed by atoms with Gasteiger partial charge in [0.05, 0.1) is 13.2 Å². The molecule has 0 aromatic heterocycles. The third kappa shape index (κ3) is 39.9. The minimum absolute atomic E-state index is 0.220. The summed E-state index contributed by atoms with van der Waals surface area (Å²) in [5.74, 6) is -0.805. The quantitative estimate of drug-likeness (QED) is 0.0263. The Labute approximate surface area is 422 Å². The second kappa shape index (κ2) is 49.2. The molecule has 402 valence electrons. The summed E-state index contributed by atoms with van der Waals surface area (Å²) in [6, 6.07) is 0. The molecule has 1 fully saturated rings. The molecule has 1 heterocycles. The van der Waals surface area contributed by atoms with E-state index in [0.717, 1.165) is 64.2 Å². The monoisotopic (exact) mass is 975 g/mol. The van der Waals surface area contributed by atoms with Crippen LogP contribution in [0.2, 0.25) is 0 Å². The minimum Gasteiger partial charge on any atom is -0.462 e. The molecule has 0 aliphatic carbocycles. The van der Waals surface area contributed by atoms with Gasteiger partial charge in [0.1, 0.15) is 31.0 Å². The Morgan fingerprint density at radius 1 is 0.449 bits per heavy atom. The first-order valence-corrected chi connectivity index (χ1v) is 28.7. The van der Waals surface area contributed by atoms with E-state index in [1.165, 1.54) is 161 Å². The van der Waals surface area contributed by atoms with Gasteiger partial charge in [-0.3, -0.25) is 9.59 Å². The lowest BCUT2D eigenvalue weighted by molar-refractivity contribution is -0.305. The van der Waals surface area contributed by atoms with Gasteiger partial charge in [-0.25, -0.2) is 0 Å². The topological polar surface area (TPSA) is 152 Å². The summed E-state index contributed by atoms with van der Waals surface area (Å²) >= 11 is 0. The first kappa shape index (κ1) is 64.7. The lowest BCUT2D eigenvalue weighted by atomic mass is 9.99. The molecule has 10 nitrogen and oxygen atoms in total. The van der Waals surface area contributed by atoms with E-state index in [1.54, 1.807) is 0 Å². The normalized spacial score (nSPS) is 19.2. The van der Waals surface area contributed by atoms with E-state index in [0.29, 0.717) is 6.42 Å². The SMILES string of the molecule is CCCCCCC/C=C\C/C=C\CCCCCCCCCCCCCC(=O)OC(COC(=O)CCCCCCCCCCC/C=C\C/C=C\CCCCCCC)COC1OC(CO)C(O)C(O)C1O. The molecule has 10 heteroatoms. The van der Waals surface area contributed by atoms with Crippen LogP contribution in [0, 0.1) is 0 Å². The van der Waals surface area contributed by atoms with Crippen molar-refractivity contribution in [3.8, 4) is 0 Å². The molecule has 69 heavy (non-hydrogen) atoms. The zero-order valence-corrected chi connectivity index (χ0v) is 44.3. The molecule has 1 aliphatic rings. The Hall–Kier alpha value is -2.34. The molecule has 6 unspecified atom stereocenters. The maximum absolute atomic E-state index is 12.9. The van der Waals surface area contributed by atoms with Crippen LogP contribution < -0.4 is 0 Å². The highest BCUT2D eigenvalue weighted by Crippen LogP contribution is 2.23. The van der Waals surface area contributed by atoms with Crippen LogP contribution in [0.4, 0.5) is 0 Å². The number of allylic oxidation sites excluding steroid dienone is 8. The Kier molecular flexibility index (Phi) is 46.2. The standard InChI is InChI=1S/C59H106O10/c1-3-5-7-9-11-13-15-17-19-21-23-25-26-28-30-32-34-36-38-40-42-44-46-48-55(62)68-52(51-67-59-58(65)57(64)56(63)53(49-60)69-59)50-66-54(61)47-45-43-41-39-37-35-33-31-29-27-24-22-20-18-16-14-12-10-8-6-4-2/h15-18,21-24,52-53,56-60,63-65H,3-14,19-20,25-51H2,1-2H3/b17-15-,18-16-,23-21-,24-22-. The molecule has 1 rings (SSSR count). The van der Waals surface area contributed by atoms with E-state index in [2.05, 4.69) is 62.5 Å². The molecule has 0 amide bonds. The van der Waals surface area contributed by atoms with Crippen LogP contribution in [0.15, 0.2) is 48.6 Å². The van der Waals surface area contributed by atoms with Crippen molar-refractivity contribution in [2.45, 2.75) is 295 Å². The van der Waals surface area contributed by atoms with Crippen LogP contribution in [0.5, 0.6) is 0 Å². The fourth-order valence-electron chi connectivity index (χ4n) is 8.66. The van der Waals surface area contributed by atoms with Crippen LogP contribution in [-0.4, -0.2) is 89.0 Å². The number of unbranched alkanes of at least 4 members (excludes halogenated alkanes) is 30. The lowest BCUT2D eigenvalue weighted by Gasteiger charge is -2.39. The highest BCUT2D eigenvalue weighted by molar-refractivity contribution is 5.70. The van der Waals surface area contributed by atoms with Crippen LogP contribution in [0.3, 0.4) is 0 Å². The summed E-state index contributed by atoms with van der Waals surface area (Å²) in [6.45, 7) is 3.43. The van der Waals surface area contributed by atoms with Gasteiger partial charge in [-0.05, 0) is 77.0 Å². The third-order valence-corrected chi connectivity index (χ3v) is 13.2. The van der Waals surface area contributed by atoms with Crippen molar-refractivity contribution in [1.82, 2.24) is 0 Å². The third-order valence-electron chi connectivity index (χ3n) is 13.2. The number of carbonyl (C=O) groups is 2. The predicted molar refractivity (Wildman–Crippen MR) is 284 cm³/mol. The molecule has 6 atom stereocenters. The number of carbonyl (C=O) groups excluding carboxylic acids is 2. The summed E-state index contributed by atoms with van der Waals surface area (Å²) in [5.41, 5.74) is 0. The van der Waals surface area contributed by atoms with Crippen LogP contribution in [0.1, 0.15) is 258 Å². The summed E-state index contributed by atoms with van der Waals surface area (Å²) < 4.78 is 22.3. The maximum Gasteiger partial charge on any atom is 0.306 e. The van der Waals surface area contributed by atoms with E-state index in [-0.39, 0.29) is 32.0 Å². The maximum atomic E-state index is 12.9. The van der Waals surface area contributed by atoms with Crippen molar-refractivity contribution < 1.29 is 49.0 Å². The number of esters is 2. The van der Waals surface area contributed by atoms with Crippen LogP contribution >= 0.6 is 0 Å². The number of aliphatic hydroxyl groups excluding tert-OH is 4. The fourth-order valence-corrected chi connectivity index (χ4v) is 8.66. The lowest BCUT2D eigenvalue weighted by Crippen LogP contribution is -2.59. The average molecular weight is 975 g/mol. The minimum atomic E-state index is -1.60. The molecule has 0 aromatic carbocycles. The number of hydrogen-bond donors (Lipinski definition) is 4. The summed E-state index contributed by atoms with van der Waals surface area (Å²) in [6.07, 6.45) is 54.0. The van der Waals surface area contributed by atoms with Gasteiger partial charge >= 0.3 is 11.9 Å². The molecule has 0 saturated carbocycles. The van der Waals surface area contributed by atoms with Gasteiger partial charge in [0, 0.05) is 12.8 Å². The molecule has 0 bridgehead atoms. The molecule has 0 spiro atoms. The highest BCUT2D eigenvalue weighted by atomic mass is 16.7. The van der Waals surface area contributed by atoms with E-state index in [1.807, 2.05) is 0 Å². The zero-order valence-electron chi connectivity index (χ0n) is 44.3. The largest absolute Gasteiger partial charge is 0.462 e. The van der Waals surface area contributed by atoms with Gasteiger partial charge in [0.2, 0.25) is 0 Å². The van der Waals surface area contributed by atoms with Gasteiger partial charge in [-0.15, -0.1) is 0 Å². The number of rotatable bonds is 49. The van der Waals surface area contributed by atoms with Crippen molar-refractivity contribution in [2.24, 2.45) is 0 Å². The second-order valence-corrected chi connectivity index (χ2v) is 19.7. The first-order valence-electron chi connectivity index (χ1n) is 28.7. The molecule has 1 aliphatic heterocycles. The number of aliphatic hydroxyl groups is 4. The molecular weight excluding hydrogens is 869 g/mol. The van der Waals surface area contributed by atoms with Crippen molar-refractivity contribution in [2.75, 3.05) is 19.8 Å².